The standard InChI is InChI=1S/C14H20O3/c1-16-12-8-7-11(9-13(12)17-2)14(15)10-5-3-4-6-10/h7-10,14-15H,3-6H2,1-2H3. The van der Waals surface area contributed by atoms with E-state index in [4.69, 9.17) is 9.47 Å². The third-order valence-electron chi connectivity index (χ3n) is 3.60. The molecule has 0 spiro atoms. The lowest BCUT2D eigenvalue weighted by atomic mass is 9.94. The molecule has 2 rings (SSSR count). The Balaban J connectivity index is 2.20. The Labute approximate surface area is 102 Å². The molecule has 1 aromatic carbocycles. The molecular formula is C14H20O3. The summed E-state index contributed by atoms with van der Waals surface area (Å²) in [5.74, 6) is 1.78. The fourth-order valence-corrected chi connectivity index (χ4v) is 2.58. The average Bonchev–Trinajstić information content (AvgIpc) is 2.90. The van der Waals surface area contributed by atoms with Crippen LogP contribution in [-0.4, -0.2) is 19.3 Å². The van der Waals surface area contributed by atoms with Crippen LogP contribution in [0.3, 0.4) is 0 Å². The highest BCUT2D eigenvalue weighted by Crippen LogP contribution is 2.38. The molecule has 3 heteroatoms. The van der Waals surface area contributed by atoms with Crippen molar-refractivity contribution in [2.24, 2.45) is 5.92 Å². The van der Waals surface area contributed by atoms with Gasteiger partial charge >= 0.3 is 0 Å². The molecule has 1 aliphatic carbocycles. The SMILES string of the molecule is COc1ccc(C(O)C2CCCC2)cc1OC. The predicted octanol–water partition coefficient (Wildman–Crippen LogP) is 2.93. The summed E-state index contributed by atoms with van der Waals surface area (Å²) in [5.41, 5.74) is 0.926. The zero-order valence-corrected chi connectivity index (χ0v) is 10.5. The fourth-order valence-electron chi connectivity index (χ4n) is 2.58. The van der Waals surface area contributed by atoms with E-state index in [9.17, 15) is 5.11 Å². The smallest absolute Gasteiger partial charge is 0.161 e. The van der Waals surface area contributed by atoms with Gasteiger partial charge in [-0.25, -0.2) is 0 Å². The van der Waals surface area contributed by atoms with Gasteiger partial charge in [-0.3, -0.25) is 0 Å². The Morgan fingerprint density at radius 3 is 2.35 bits per heavy atom. The number of ether oxygens (including phenoxy) is 2. The maximum atomic E-state index is 10.3. The van der Waals surface area contributed by atoms with Gasteiger partial charge in [-0.05, 0) is 36.5 Å². The summed E-state index contributed by atoms with van der Waals surface area (Å²) in [6.45, 7) is 0. The van der Waals surface area contributed by atoms with Crippen LogP contribution in [0.1, 0.15) is 37.4 Å². The second-order valence-electron chi connectivity index (χ2n) is 4.60. The van der Waals surface area contributed by atoms with Gasteiger partial charge < -0.3 is 14.6 Å². The Hall–Kier alpha value is -1.22. The van der Waals surface area contributed by atoms with Crippen molar-refractivity contribution in [1.29, 1.82) is 0 Å². The molecule has 17 heavy (non-hydrogen) atoms. The second-order valence-corrected chi connectivity index (χ2v) is 4.60. The highest BCUT2D eigenvalue weighted by atomic mass is 16.5. The molecule has 1 N–H and O–H groups in total. The number of rotatable bonds is 4. The van der Waals surface area contributed by atoms with Gasteiger partial charge in [0.1, 0.15) is 0 Å². The molecule has 0 aromatic heterocycles. The van der Waals surface area contributed by atoms with E-state index in [-0.39, 0.29) is 6.10 Å². The summed E-state index contributed by atoms with van der Waals surface area (Å²) in [7, 11) is 3.23. The number of methoxy groups -OCH3 is 2. The lowest BCUT2D eigenvalue weighted by Gasteiger charge is -2.19. The van der Waals surface area contributed by atoms with E-state index in [2.05, 4.69) is 0 Å². The summed E-state index contributed by atoms with van der Waals surface area (Å²) in [4.78, 5) is 0. The highest BCUT2D eigenvalue weighted by Gasteiger charge is 2.25. The monoisotopic (exact) mass is 236 g/mol. The molecule has 0 bridgehead atoms. The first-order valence-electron chi connectivity index (χ1n) is 6.16. The van der Waals surface area contributed by atoms with Gasteiger partial charge in [0, 0.05) is 0 Å². The quantitative estimate of drug-likeness (QED) is 0.873. The predicted molar refractivity (Wildman–Crippen MR) is 66.5 cm³/mol. The third-order valence-corrected chi connectivity index (χ3v) is 3.60. The summed E-state index contributed by atoms with van der Waals surface area (Å²) >= 11 is 0. The Bertz CT molecular complexity index is 370. The van der Waals surface area contributed by atoms with Crippen molar-refractivity contribution in [2.45, 2.75) is 31.8 Å². The maximum Gasteiger partial charge on any atom is 0.161 e. The number of aliphatic hydroxyl groups is 1. The molecule has 0 heterocycles. The van der Waals surface area contributed by atoms with E-state index in [1.54, 1.807) is 14.2 Å². The molecule has 1 fully saturated rings. The van der Waals surface area contributed by atoms with Crippen molar-refractivity contribution < 1.29 is 14.6 Å². The van der Waals surface area contributed by atoms with Crippen LogP contribution in [0.5, 0.6) is 11.5 Å². The van der Waals surface area contributed by atoms with E-state index >= 15 is 0 Å². The zero-order chi connectivity index (χ0) is 12.3. The molecular weight excluding hydrogens is 216 g/mol. The first-order valence-corrected chi connectivity index (χ1v) is 6.16. The van der Waals surface area contributed by atoms with E-state index in [1.807, 2.05) is 18.2 Å². The van der Waals surface area contributed by atoms with Crippen LogP contribution < -0.4 is 9.47 Å². The van der Waals surface area contributed by atoms with Gasteiger partial charge in [0.2, 0.25) is 0 Å². The molecule has 0 amide bonds. The van der Waals surface area contributed by atoms with Crippen molar-refractivity contribution in [3.8, 4) is 11.5 Å². The van der Waals surface area contributed by atoms with Crippen molar-refractivity contribution in [1.82, 2.24) is 0 Å². The summed E-state index contributed by atoms with van der Waals surface area (Å²) in [6.07, 6.45) is 4.33. The van der Waals surface area contributed by atoms with Crippen molar-refractivity contribution in [3.63, 3.8) is 0 Å². The Morgan fingerprint density at radius 1 is 1.12 bits per heavy atom. The largest absolute Gasteiger partial charge is 0.493 e. The lowest BCUT2D eigenvalue weighted by Crippen LogP contribution is -2.09. The van der Waals surface area contributed by atoms with Gasteiger partial charge in [-0.2, -0.15) is 0 Å². The topological polar surface area (TPSA) is 38.7 Å². The van der Waals surface area contributed by atoms with Crippen LogP contribution in [-0.2, 0) is 0 Å². The van der Waals surface area contributed by atoms with Gasteiger partial charge in [0.15, 0.2) is 11.5 Å². The molecule has 94 valence electrons. The minimum atomic E-state index is -0.377. The molecule has 0 radical (unpaired) electrons. The Morgan fingerprint density at radius 2 is 1.76 bits per heavy atom. The summed E-state index contributed by atoms with van der Waals surface area (Å²) in [6, 6.07) is 5.65. The van der Waals surface area contributed by atoms with Crippen LogP contribution in [0, 0.1) is 5.92 Å². The maximum absolute atomic E-state index is 10.3. The van der Waals surface area contributed by atoms with Gasteiger partial charge in [0.05, 0.1) is 20.3 Å². The average molecular weight is 236 g/mol. The van der Waals surface area contributed by atoms with Crippen LogP contribution in [0.4, 0.5) is 0 Å². The van der Waals surface area contributed by atoms with Crippen molar-refractivity contribution >= 4 is 0 Å². The van der Waals surface area contributed by atoms with Gasteiger partial charge in [-0.15, -0.1) is 0 Å². The fraction of sp³-hybridized carbons (Fsp3) is 0.571. The molecule has 1 saturated carbocycles. The first-order chi connectivity index (χ1) is 8.26. The van der Waals surface area contributed by atoms with Crippen molar-refractivity contribution in [3.05, 3.63) is 23.8 Å². The minimum absolute atomic E-state index is 0.377. The number of benzene rings is 1. The highest BCUT2D eigenvalue weighted by molar-refractivity contribution is 5.43. The number of aliphatic hydroxyl groups excluding tert-OH is 1. The number of hydrogen-bond donors (Lipinski definition) is 1. The summed E-state index contributed by atoms with van der Waals surface area (Å²) in [5, 5.41) is 10.3. The molecule has 3 nitrogen and oxygen atoms in total. The molecule has 1 unspecified atom stereocenters. The van der Waals surface area contributed by atoms with Crippen molar-refractivity contribution in [2.75, 3.05) is 14.2 Å². The van der Waals surface area contributed by atoms with E-state index in [0.717, 1.165) is 18.4 Å². The normalized spacial score (nSPS) is 18.1. The molecule has 1 aliphatic rings. The lowest BCUT2D eigenvalue weighted by molar-refractivity contribution is 0.111. The van der Waals surface area contributed by atoms with E-state index in [0.29, 0.717) is 17.4 Å². The van der Waals surface area contributed by atoms with Crippen LogP contribution in [0.2, 0.25) is 0 Å². The first kappa shape index (κ1) is 12.2. The minimum Gasteiger partial charge on any atom is -0.493 e. The molecule has 1 aromatic rings. The zero-order valence-electron chi connectivity index (χ0n) is 10.5. The van der Waals surface area contributed by atoms with E-state index < -0.39 is 0 Å². The van der Waals surface area contributed by atoms with E-state index in [1.165, 1.54) is 12.8 Å². The Kier molecular flexibility index (Phi) is 3.89. The van der Waals surface area contributed by atoms with Crippen LogP contribution in [0.25, 0.3) is 0 Å². The van der Waals surface area contributed by atoms with Gasteiger partial charge in [-0.1, -0.05) is 18.9 Å². The number of hydrogen-bond acceptors (Lipinski definition) is 3. The second kappa shape index (κ2) is 5.41. The molecule has 0 aliphatic heterocycles. The molecule has 1 atom stereocenters. The van der Waals surface area contributed by atoms with Crippen LogP contribution >= 0.6 is 0 Å². The molecule has 0 saturated heterocycles. The summed E-state index contributed by atoms with van der Waals surface area (Å²) < 4.78 is 10.4. The third kappa shape index (κ3) is 2.55. The van der Waals surface area contributed by atoms with Gasteiger partial charge in [0.25, 0.3) is 0 Å². The van der Waals surface area contributed by atoms with Crippen LogP contribution in [0.15, 0.2) is 18.2 Å².